The van der Waals surface area contributed by atoms with Gasteiger partial charge in [0.15, 0.2) is 0 Å². The number of nitrogens with two attached hydrogens (primary N) is 1. The van der Waals surface area contributed by atoms with E-state index in [-0.39, 0.29) is 18.6 Å². The average molecular weight is 299 g/mol. The summed E-state index contributed by atoms with van der Waals surface area (Å²) < 4.78 is 6.20. The van der Waals surface area contributed by atoms with Gasteiger partial charge in [0.05, 0.1) is 11.8 Å². The standard InChI is InChI=1S/C12H15BrN2O2/c13-10-6-8(14)4-5-11(10)15-12(16)7-17-9-2-1-3-9/h4-6,9H,1-3,7,14H2,(H,15,16). The first-order valence-electron chi connectivity index (χ1n) is 5.61. The summed E-state index contributed by atoms with van der Waals surface area (Å²) in [7, 11) is 0. The molecule has 17 heavy (non-hydrogen) atoms. The van der Waals surface area contributed by atoms with Crippen molar-refractivity contribution in [3.05, 3.63) is 22.7 Å². The van der Waals surface area contributed by atoms with Gasteiger partial charge in [0.2, 0.25) is 5.91 Å². The van der Waals surface area contributed by atoms with Crippen molar-refractivity contribution in [3.63, 3.8) is 0 Å². The molecule has 0 heterocycles. The van der Waals surface area contributed by atoms with Crippen molar-refractivity contribution in [1.29, 1.82) is 0 Å². The molecule has 0 spiro atoms. The number of halogens is 1. The van der Waals surface area contributed by atoms with E-state index in [0.29, 0.717) is 11.4 Å². The molecule has 1 aliphatic carbocycles. The summed E-state index contributed by atoms with van der Waals surface area (Å²) in [5.41, 5.74) is 6.98. The third-order valence-corrected chi connectivity index (χ3v) is 3.43. The lowest BCUT2D eigenvalue weighted by atomic mass is 9.96. The Hall–Kier alpha value is -1.07. The molecule has 0 radical (unpaired) electrons. The van der Waals surface area contributed by atoms with Crippen molar-refractivity contribution in [3.8, 4) is 0 Å². The van der Waals surface area contributed by atoms with E-state index < -0.39 is 0 Å². The topological polar surface area (TPSA) is 64.3 Å². The highest BCUT2D eigenvalue weighted by atomic mass is 79.9. The highest BCUT2D eigenvalue weighted by molar-refractivity contribution is 9.10. The van der Waals surface area contributed by atoms with Crippen molar-refractivity contribution in [2.45, 2.75) is 25.4 Å². The second-order valence-corrected chi connectivity index (χ2v) is 5.01. The fraction of sp³-hybridized carbons (Fsp3) is 0.417. The van der Waals surface area contributed by atoms with E-state index in [1.54, 1.807) is 18.2 Å². The van der Waals surface area contributed by atoms with Crippen LogP contribution >= 0.6 is 15.9 Å². The van der Waals surface area contributed by atoms with Gasteiger partial charge in [0.1, 0.15) is 6.61 Å². The van der Waals surface area contributed by atoms with Gasteiger partial charge >= 0.3 is 0 Å². The molecule has 1 saturated carbocycles. The molecule has 0 unspecified atom stereocenters. The average Bonchev–Trinajstić information content (AvgIpc) is 2.20. The first-order valence-corrected chi connectivity index (χ1v) is 6.41. The number of carbonyl (C=O) groups is 1. The number of anilines is 2. The van der Waals surface area contributed by atoms with Crippen molar-refractivity contribution in [2.75, 3.05) is 17.7 Å². The summed E-state index contributed by atoms with van der Waals surface area (Å²) in [6.07, 6.45) is 3.61. The zero-order chi connectivity index (χ0) is 12.3. The predicted octanol–water partition coefficient (Wildman–Crippen LogP) is 2.54. The normalized spacial score (nSPS) is 15.4. The van der Waals surface area contributed by atoms with Crippen LogP contribution in [0.2, 0.25) is 0 Å². The summed E-state index contributed by atoms with van der Waals surface area (Å²) in [4.78, 5) is 11.6. The fourth-order valence-electron chi connectivity index (χ4n) is 1.55. The number of nitrogens with one attached hydrogen (secondary N) is 1. The Morgan fingerprint density at radius 3 is 2.88 bits per heavy atom. The molecule has 2 rings (SSSR count). The largest absolute Gasteiger partial charge is 0.399 e. The Bertz CT molecular complexity index is 419. The number of ether oxygens (including phenoxy) is 1. The van der Waals surface area contributed by atoms with Gasteiger partial charge in [0, 0.05) is 10.2 Å². The quantitative estimate of drug-likeness (QED) is 0.840. The van der Waals surface area contributed by atoms with Crippen molar-refractivity contribution < 1.29 is 9.53 Å². The third kappa shape index (κ3) is 3.44. The van der Waals surface area contributed by atoms with Crippen LogP contribution in [0.25, 0.3) is 0 Å². The fourth-order valence-corrected chi connectivity index (χ4v) is 2.05. The van der Waals surface area contributed by atoms with E-state index in [1.807, 2.05) is 0 Å². The molecule has 92 valence electrons. The van der Waals surface area contributed by atoms with Crippen LogP contribution in [0.4, 0.5) is 11.4 Å². The second-order valence-electron chi connectivity index (χ2n) is 4.15. The Labute approximate surface area is 109 Å². The minimum absolute atomic E-state index is 0.113. The van der Waals surface area contributed by atoms with Gasteiger partial charge in [-0.15, -0.1) is 0 Å². The molecule has 1 aromatic rings. The molecule has 1 amide bonds. The summed E-state index contributed by atoms with van der Waals surface area (Å²) >= 11 is 3.34. The molecule has 1 aromatic carbocycles. The van der Waals surface area contributed by atoms with E-state index in [2.05, 4.69) is 21.2 Å². The molecule has 5 heteroatoms. The summed E-state index contributed by atoms with van der Waals surface area (Å²) in [5, 5.41) is 2.77. The molecule has 0 aliphatic heterocycles. The molecule has 1 aliphatic rings. The van der Waals surface area contributed by atoms with Gasteiger partial charge in [0.25, 0.3) is 0 Å². The number of rotatable bonds is 4. The van der Waals surface area contributed by atoms with E-state index >= 15 is 0 Å². The van der Waals surface area contributed by atoms with Crippen LogP contribution in [0.1, 0.15) is 19.3 Å². The van der Waals surface area contributed by atoms with E-state index in [1.165, 1.54) is 6.42 Å². The van der Waals surface area contributed by atoms with Crippen LogP contribution in [0.3, 0.4) is 0 Å². The molecule has 3 N–H and O–H groups in total. The van der Waals surface area contributed by atoms with Crippen LogP contribution in [0, 0.1) is 0 Å². The minimum Gasteiger partial charge on any atom is -0.399 e. The number of amides is 1. The maximum Gasteiger partial charge on any atom is 0.250 e. The van der Waals surface area contributed by atoms with Gasteiger partial charge in [-0.3, -0.25) is 4.79 Å². The number of hydrogen-bond donors (Lipinski definition) is 2. The number of carbonyl (C=O) groups excluding carboxylic acids is 1. The Morgan fingerprint density at radius 2 is 2.29 bits per heavy atom. The molecule has 4 nitrogen and oxygen atoms in total. The second kappa shape index (κ2) is 5.51. The Morgan fingerprint density at radius 1 is 1.53 bits per heavy atom. The molecule has 0 saturated heterocycles. The van der Waals surface area contributed by atoms with Crippen LogP contribution in [-0.2, 0) is 9.53 Å². The van der Waals surface area contributed by atoms with Crippen LogP contribution in [0.5, 0.6) is 0 Å². The zero-order valence-corrected chi connectivity index (χ0v) is 11.0. The summed E-state index contributed by atoms with van der Waals surface area (Å²) in [6, 6.07) is 5.26. The van der Waals surface area contributed by atoms with Crippen molar-refractivity contribution in [2.24, 2.45) is 0 Å². The molecule has 0 bridgehead atoms. The predicted molar refractivity (Wildman–Crippen MR) is 70.8 cm³/mol. The number of hydrogen-bond acceptors (Lipinski definition) is 3. The number of benzene rings is 1. The maximum atomic E-state index is 11.6. The Balaban J connectivity index is 1.84. The Kier molecular flexibility index (Phi) is 4.02. The number of nitrogen functional groups attached to an aromatic ring is 1. The molecule has 1 fully saturated rings. The van der Waals surface area contributed by atoms with E-state index in [4.69, 9.17) is 10.5 Å². The smallest absolute Gasteiger partial charge is 0.250 e. The SMILES string of the molecule is Nc1ccc(NC(=O)COC2CCC2)c(Br)c1. The van der Waals surface area contributed by atoms with Crippen molar-refractivity contribution >= 4 is 33.2 Å². The van der Waals surface area contributed by atoms with Gasteiger partial charge in [-0.2, -0.15) is 0 Å². The highest BCUT2D eigenvalue weighted by Crippen LogP contribution is 2.25. The molecule has 0 atom stereocenters. The minimum atomic E-state index is -0.137. The lowest BCUT2D eigenvalue weighted by Gasteiger charge is -2.25. The molecule has 0 aromatic heterocycles. The summed E-state index contributed by atoms with van der Waals surface area (Å²) in [5.74, 6) is -0.137. The van der Waals surface area contributed by atoms with Gasteiger partial charge in [-0.25, -0.2) is 0 Å². The molecular weight excluding hydrogens is 284 g/mol. The van der Waals surface area contributed by atoms with E-state index in [9.17, 15) is 4.79 Å². The monoisotopic (exact) mass is 298 g/mol. The third-order valence-electron chi connectivity index (χ3n) is 2.77. The first kappa shape index (κ1) is 12.4. The van der Waals surface area contributed by atoms with Crippen LogP contribution in [0.15, 0.2) is 22.7 Å². The molecular formula is C12H15BrN2O2. The maximum absolute atomic E-state index is 11.6. The van der Waals surface area contributed by atoms with Crippen LogP contribution < -0.4 is 11.1 Å². The van der Waals surface area contributed by atoms with Crippen molar-refractivity contribution in [1.82, 2.24) is 0 Å². The zero-order valence-electron chi connectivity index (χ0n) is 9.41. The lowest BCUT2D eigenvalue weighted by molar-refractivity contribution is -0.124. The highest BCUT2D eigenvalue weighted by Gasteiger charge is 2.19. The van der Waals surface area contributed by atoms with Gasteiger partial charge in [-0.1, -0.05) is 0 Å². The van der Waals surface area contributed by atoms with Gasteiger partial charge < -0.3 is 15.8 Å². The summed E-state index contributed by atoms with van der Waals surface area (Å²) in [6.45, 7) is 0.113. The lowest BCUT2D eigenvalue weighted by Crippen LogP contribution is -2.27. The first-order chi connectivity index (χ1) is 8.15. The van der Waals surface area contributed by atoms with Crippen LogP contribution in [-0.4, -0.2) is 18.6 Å². The van der Waals surface area contributed by atoms with E-state index in [0.717, 1.165) is 17.3 Å². The van der Waals surface area contributed by atoms with Gasteiger partial charge in [-0.05, 0) is 53.4 Å².